The van der Waals surface area contributed by atoms with Gasteiger partial charge in [0.25, 0.3) is 0 Å². The zero-order valence-corrected chi connectivity index (χ0v) is 11.4. The molecule has 0 amide bonds. The van der Waals surface area contributed by atoms with Crippen molar-refractivity contribution in [1.82, 2.24) is 9.72 Å². The monoisotopic (exact) mass is 276 g/mol. The third kappa shape index (κ3) is 2.19. The average Bonchev–Trinajstić information content (AvgIpc) is 2.98. The molecule has 0 aliphatic rings. The summed E-state index contributed by atoms with van der Waals surface area (Å²) in [6.45, 7) is 2.40. The van der Waals surface area contributed by atoms with Crippen LogP contribution in [0.3, 0.4) is 0 Å². The Balaban J connectivity index is 1.93. The largest absolute Gasteiger partial charge is 0.486 e. The van der Waals surface area contributed by atoms with Crippen LogP contribution < -0.4 is 4.74 Å². The molecule has 0 spiro atoms. The number of rotatable bonds is 3. The molecule has 2 heterocycles. The van der Waals surface area contributed by atoms with Gasteiger partial charge in [-0.25, -0.2) is 0 Å². The molecule has 3 aromatic rings. The smallest absolute Gasteiger partial charge is 0.139 e. The van der Waals surface area contributed by atoms with Crippen LogP contribution in [0, 0.1) is 6.92 Å². The Hall–Kier alpha value is -1.94. The highest BCUT2D eigenvalue weighted by Crippen LogP contribution is 2.31. The van der Waals surface area contributed by atoms with E-state index in [1.165, 1.54) is 12.0 Å². The van der Waals surface area contributed by atoms with E-state index in [1.54, 1.807) is 6.07 Å². The van der Waals surface area contributed by atoms with E-state index in [0.717, 1.165) is 16.6 Å². The van der Waals surface area contributed by atoms with Crippen molar-refractivity contribution in [2.24, 2.45) is 7.05 Å². The predicted molar refractivity (Wildman–Crippen MR) is 73.5 cm³/mol. The molecular weight excluding hydrogens is 264 g/mol. The Morgan fingerprint density at radius 3 is 2.95 bits per heavy atom. The first kappa shape index (κ1) is 12.1. The van der Waals surface area contributed by atoms with Crippen molar-refractivity contribution in [1.29, 1.82) is 0 Å². The topological polar surface area (TPSA) is 40.2 Å². The summed E-state index contributed by atoms with van der Waals surface area (Å²) in [5.74, 6) is 0.655. The summed E-state index contributed by atoms with van der Waals surface area (Å²) in [6, 6.07) is 7.74. The fourth-order valence-electron chi connectivity index (χ4n) is 2.05. The van der Waals surface area contributed by atoms with Crippen molar-refractivity contribution >= 4 is 22.5 Å². The van der Waals surface area contributed by atoms with Gasteiger partial charge >= 0.3 is 0 Å². The molecule has 0 radical (unpaired) electrons. The van der Waals surface area contributed by atoms with Gasteiger partial charge < -0.3 is 13.8 Å². The molecule has 19 heavy (non-hydrogen) atoms. The molecule has 0 atom stereocenters. The number of aromatic nitrogens is 2. The zero-order chi connectivity index (χ0) is 13.4. The first-order valence-corrected chi connectivity index (χ1v) is 6.30. The Morgan fingerprint density at radius 2 is 2.21 bits per heavy atom. The number of fused-ring (bicyclic) bond motifs is 1. The fraction of sp³-hybridized carbons (Fsp3) is 0.214. The number of hydrogen-bond acceptors (Lipinski definition) is 3. The van der Waals surface area contributed by atoms with Crippen LogP contribution in [-0.2, 0) is 13.7 Å². The van der Waals surface area contributed by atoms with E-state index < -0.39 is 0 Å². The second-order valence-electron chi connectivity index (χ2n) is 4.47. The second-order valence-corrected chi connectivity index (χ2v) is 4.87. The van der Waals surface area contributed by atoms with E-state index in [2.05, 4.69) is 22.7 Å². The average molecular weight is 277 g/mol. The highest BCUT2D eigenvalue weighted by atomic mass is 35.5. The van der Waals surface area contributed by atoms with Crippen LogP contribution in [-0.4, -0.2) is 9.72 Å². The van der Waals surface area contributed by atoms with E-state index in [9.17, 15) is 0 Å². The van der Waals surface area contributed by atoms with Gasteiger partial charge in [-0.15, -0.1) is 0 Å². The van der Waals surface area contributed by atoms with Crippen molar-refractivity contribution in [2.75, 3.05) is 0 Å². The van der Waals surface area contributed by atoms with Gasteiger partial charge in [0, 0.05) is 29.7 Å². The van der Waals surface area contributed by atoms with E-state index in [-0.39, 0.29) is 0 Å². The lowest BCUT2D eigenvalue weighted by atomic mass is 10.2. The van der Waals surface area contributed by atoms with Crippen molar-refractivity contribution < 1.29 is 9.26 Å². The molecule has 0 saturated carbocycles. The third-order valence-corrected chi connectivity index (χ3v) is 3.50. The molecule has 0 unspecified atom stereocenters. The molecular formula is C14H13ClN2O2. The lowest BCUT2D eigenvalue weighted by Crippen LogP contribution is -1.96. The Bertz CT molecular complexity index is 717. The standard InChI is InChI=1S/C14H13ClN2O2/c1-9-5-10-6-14(12(15)7-13(10)17(9)2)18-8-11-3-4-19-16-11/h3-7H,8H2,1-2H3. The van der Waals surface area contributed by atoms with E-state index >= 15 is 0 Å². The van der Waals surface area contributed by atoms with Gasteiger partial charge in [0.05, 0.1) is 5.02 Å². The van der Waals surface area contributed by atoms with Gasteiger partial charge in [-0.1, -0.05) is 16.8 Å². The first-order chi connectivity index (χ1) is 9.15. The van der Waals surface area contributed by atoms with Crippen molar-refractivity contribution in [2.45, 2.75) is 13.5 Å². The summed E-state index contributed by atoms with van der Waals surface area (Å²) >= 11 is 6.24. The fourth-order valence-corrected chi connectivity index (χ4v) is 2.26. The lowest BCUT2D eigenvalue weighted by Gasteiger charge is -2.07. The van der Waals surface area contributed by atoms with Gasteiger partial charge in [-0.05, 0) is 25.1 Å². The highest BCUT2D eigenvalue weighted by Gasteiger charge is 2.09. The molecule has 1 aromatic carbocycles. The van der Waals surface area contributed by atoms with Crippen LogP contribution in [0.4, 0.5) is 0 Å². The van der Waals surface area contributed by atoms with Crippen LogP contribution in [0.25, 0.3) is 10.9 Å². The summed E-state index contributed by atoms with van der Waals surface area (Å²) in [4.78, 5) is 0. The van der Waals surface area contributed by atoms with Crippen molar-refractivity contribution in [3.63, 3.8) is 0 Å². The molecule has 0 aliphatic heterocycles. The lowest BCUT2D eigenvalue weighted by molar-refractivity contribution is 0.290. The number of halogens is 1. The number of nitrogens with zero attached hydrogens (tertiary/aromatic N) is 2. The summed E-state index contributed by atoms with van der Waals surface area (Å²) in [5.41, 5.74) is 3.01. The maximum absolute atomic E-state index is 6.24. The minimum Gasteiger partial charge on any atom is -0.486 e. The normalized spacial score (nSPS) is 11.1. The maximum Gasteiger partial charge on any atom is 0.139 e. The highest BCUT2D eigenvalue weighted by molar-refractivity contribution is 6.32. The summed E-state index contributed by atoms with van der Waals surface area (Å²) < 4.78 is 12.5. The number of benzene rings is 1. The van der Waals surface area contributed by atoms with E-state index in [1.807, 2.05) is 19.2 Å². The second kappa shape index (κ2) is 4.63. The first-order valence-electron chi connectivity index (χ1n) is 5.93. The Kier molecular flexibility index (Phi) is 2.95. The molecule has 0 fully saturated rings. The number of hydrogen-bond donors (Lipinski definition) is 0. The molecule has 98 valence electrons. The van der Waals surface area contributed by atoms with E-state index in [0.29, 0.717) is 17.4 Å². The summed E-state index contributed by atoms with van der Waals surface area (Å²) in [5, 5.41) is 5.50. The molecule has 3 rings (SSSR count). The van der Waals surface area contributed by atoms with Crippen LogP contribution in [0.2, 0.25) is 5.02 Å². The molecule has 0 saturated heterocycles. The van der Waals surface area contributed by atoms with Crippen LogP contribution in [0.5, 0.6) is 5.75 Å². The zero-order valence-electron chi connectivity index (χ0n) is 10.7. The number of ether oxygens (including phenoxy) is 1. The van der Waals surface area contributed by atoms with Gasteiger partial charge in [-0.3, -0.25) is 0 Å². The van der Waals surface area contributed by atoms with Crippen molar-refractivity contribution in [3.05, 3.63) is 46.9 Å². The molecule has 2 aromatic heterocycles. The van der Waals surface area contributed by atoms with Crippen LogP contribution in [0.15, 0.2) is 35.1 Å². The molecule has 0 aliphatic carbocycles. The molecule has 0 bridgehead atoms. The maximum atomic E-state index is 6.24. The van der Waals surface area contributed by atoms with Gasteiger partial charge in [-0.2, -0.15) is 0 Å². The Morgan fingerprint density at radius 1 is 1.37 bits per heavy atom. The molecule has 4 nitrogen and oxygen atoms in total. The van der Waals surface area contributed by atoms with Gasteiger partial charge in [0.2, 0.25) is 0 Å². The summed E-state index contributed by atoms with van der Waals surface area (Å²) in [6.07, 6.45) is 1.52. The molecule has 5 heteroatoms. The third-order valence-electron chi connectivity index (χ3n) is 3.20. The number of aryl methyl sites for hydroxylation is 2. The SMILES string of the molecule is Cc1cc2cc(OCc3ccon3)c(Cl)cc2n1C. The minimum absolute atomic E-state index is 0.341. The van der Waals surface area contributed by atoms with Crippen LogP contribution >= 0.6 is 11.6 Å². The van der Waals surface area contributed by atoms with E-state index in [4.69, 9.17) is 20.9 Å². The Labute approximate surface area is 115 Å². The minimum atomic E-state index is 0.341. The van der Waals surface area contributed by atoms with Gasteiger partial charge in [0.15, 0.2) is 0 Å². The molecule has 0 N–H and O–H groups in total. The van der Waals surface area contributed by atoms with Crippen LogP contribution in [0.1, 0.15) is 11.4 Å². The van der Waals surface area contributed by atoms with Crippen molar-refractivity contribution in [3.8, 4) is 5.75 Å². The predicted octanol–water partition coefficient (Wildman–Crippen LogP) is 3.71. The van der Waals surface area contributed by atoms with Gasteiger partial charge in [0.1, 0.15) is 24.3 Å². The summed E-state index contributed by atoms with van der Waals surface area (Å²) in [7, 11) is 2.02. The quantitative estimate of drug-likeness (QED) is 0.732.